The van der Waals surface area contributed by atoms with E-state index in [-0.39, 0.29) is 5.95 Å². The van der Waals surface area contributed by atoms with E-state index in [1.165, 1.54) is 32.1 Å². The van der Waals surface area contributed by atoms with Crippen LogP contribution in [0.5, 0.6) is 0 Å². The lowest BCUT2D eigenvalue weighted by atomic mass is 9.89. The zero-order valence-electron chi connectivity index (χ0n) is 11.4. The first-order valence-electron chi connectivity index (χ1n) is 7.09. The fraction of sp³-hybridized carbons (Fsp3) is 0.500. The quantitative estimate of drug-likeness (QED) is 0.513. The molecule has 0 unspecified atom stereocenters. The predicted molar refractivity (Wildman–Crippen MR) is 82.5 cm³/mol. The number of nitrogens with zero attached hydrogens (tertiary/aromatic N) is 3. The summed E-state index contributed by atoms with van der Waals surface area (Å²) in [6.07, 6.45) is 13.1. The Labute approximate surface area is 122 Å². The van der Waals surface area contributed by atoms with Crippen molar-refractivity contribution in [2.75, 3.05) is 11.5 Å². The highest BCUT2D eigenvalue weighted by Crippen LogP contribution is 2.26. The van der Waals surface area contributed by atoms with Gasteiger partial charge in [-0.25, -0.2) is 9.97 Å². The molecular formula is C14H19N5S. The lowest BCUT2D eigenvalue weighted by Crippen LogP contribution is -2.02. The molecule has 3 rings (SSSR count). The van der Waals surface area contributed by atoms with Crippen LogP contribution in [0.1, 0.15) is 32.1 Å². The average Bonchev–Trinajstić information content (AvgIpc) is 2.92. The molecule has 2 aromatic heterocycles. The van der Waals surface area contributed by atoms with Gasteiger partial charge in [0.2, 0.25) is 5.95 Å². The number of aromatic amines is 1. The van der Waals surface area contributed by atoms with Crippen LogP contribution in [0.15, 0.2) is 23.5 Å². The number of hydrogen-bond acceptors (Lipinski definition) is 5. The number of thioether (sulfide) groups is 1. The molecule has 0 aromatic carbocycles. The van der Waals surface area contributed by atoms with E-state index in [4.69, 9.17) is 5.73 Å². The van der Waals surface area contributed by atoms with Gasteiger partial charge in [0.05, 0.1) is 6.33 Å². The molecular weight excluding hydrogens is 270 g/mol. The Bertz CT molecular complexity index is 601. The second-order valence-corrected chi connectivity index (χ2v) is 6.13. The van der Waals surface area contributed by atoms with Crippen LogP contribution in [0, 0.1) is 5.92 Å². The third-order valence-electron chi connectivity index (χ3n) is 3.64. The van der Waals surface area contributed by atoms with E-state index in [1.54, 1.807) is 18.1 Å². The third-order valence-corrected chi connectivity index (χ3v) is 4.57. The molecule has 106 valence electrons. The summed E-state index contributed by atoms with van der Waals surface area (Å²) in [5, 5.41) is 0.873. The van der Waals surface area contributed by atoms with Crippen molar-refractivity contribution in [3.8, 4) is 0 Å². The zero-order chi connectivity index (χ0) is 13.8. The van der Waals surface area contributed by atoms with E-state index >= 15 is 0 Å². The largest absolute Gasteiger partial charge is 0.368 e. The van der Waals surface area contributed by atoms with Crippen LogP contribution in [0.4, 0.5) is 5.95 Å². The highest BCUT2D eigenvalue weighted by Gasteiger charge is 2.10. The van der Waals surface area contributed by atoms with Crippen molar-refractivity contribution in [3.63, 3.8) is 0 Å². The van der Waals surface area contributed by atoms with Crippen molar-refractivity contribution in [3.05, 3.63) is 18.5 Å². The molecule has 2 aromatic rings. The maximum absolute atomic E-state index is 5.70. The van der Waals surface area contributed by atoms with Gasteiger partial charge < -0.3 is 10.7 Å². The summed E-state index contributed by atoms with van der Waals surface area (Å²) >= 11 is 1.67. The van der Waals surface area contributed by atoms with Crippen LogP contribution in [0.2, 0.25) is 0 Å². The fourth-order valence-electron chi connectivity index (χ4n) is 2.63. The smallest absolute Gasteiger partial charge is 0.223 e. The van der Waals surface area contributed by atoms with Crippen molar-refractivity contribution in [1.82, 2.24) is 19.9 Å². The van der Waals surface area contributed by atoms with Gasteiger partial charge in [-0.05, 0) is 18.8 Å². The summed E-state index contributed by atoms with van der Waals surface area (Å²) in [4.78, 5) is 15.6. The normalized spacial score (nSPS) is 17.2. The summed E-state index contributed by atoms with van der Waals surface area (Å²) in [5.41, 5.74) is 7.20. The van der Waals surface area contributed by atoms with Gasteiger partial charge in [0.1, 0.15) is 10.5 Å². The SMILES string of the molecule is Nc1nc(SC/C=C/C2CCCCC2)c2[nH]cnc2n1. The molecule has 1 saturated carbocycles. The van der Waals surface area contributed by atoms with E-state index < -0.39 is 0 Å². The molecule has 0 radical (unpaired) electrons. The number of nitrogen functional groups attached to an aromatic ring is 1. The third kappa shape index (κ3) is 3.12. The molecule has 6 heteroatoms. The second-order valence-electron chi connectivity index (χ2n) is 5.13. The first-order chi connectivity index (χ1) is 9.83. The Morgan fingerprint density at radius 3 is 3.00 bits per heavy atom. The van der Waals surface area contributed by atoms with Crippen molar-refractivity contribution in [1.29, 1.82) is 0 Å². The van der Waals surface area contributed by atoms with E-state index in [1.807, 2.05) is 0 Å². The van der Waals surface area contributed by atoms with Crippen molar-refractivity contribution < 1.29 is 0 Å². The summed E-state index contributed by atoms with van der Waals surface area (Å²) in [6.45, 7) is 0. The molecule has 5 nitrogen and oxygen atoms in total. The van der Waals surface area contributed by atoms with E-state index in [2.05, 4.69) is 32.1 Å². The summed E-state index contributed by atoms with van der Waals surface area (Å²) in [5.74, 6) is 1.96. The number of aromatic nitrogens is 4. The molecule has 1 aliphatic carbocycles. The highest BCUT2D eigenvalue weighted by molar-refractivity contribution is 7.99. The number of anilines is 1. The van der Waals surface area contributed by atoms with Gasteiger partial charge in [-0.1, -0.05) is 43.2 Å². The summed E-state index contributed by atoms with van der Waals surface area (Å²) in [7, 11) is 0. The second kappa shape index (κ2) is 6.26. The Morgan fingerprint density at radius 2 is 2.15 bits per heavy atom. The van der Waals surface area contributed by atoms with E-state index in [9.17, 15) is 0 Å². The molecule has 0 saturated heterocycles. The number of hydrogen-bond donors (Lipinski definition) is 2. The Balaban J connectivity index is 1.62. The molecule has 20 heavy (non-hydrogen) atoms. The molecule has 1 fully saturated rings. The maximum Gasteiger partial charge on any atom is 0.223 e. The minimum Gasteiger partial charge on any atom is -0.368 e. The standard InChI is InChI=1S/C14H19N5S/c15-14-18-12-11(16-9-17-12)13(19-14)20-8-4-7-10-5-2-1-3-6-10/h4,7,9-10H,1-3,5-6,8H2,(H3,15,16,17,18,19)/b7-4+. The maximum atomic E-state index is 5.70. The van der Waals surface area contributed by atoms with Crippen molar-refractivity contribution in [2.24, 2.45) is 5.92 Å². The van der Waals surface area contributed by atoms with Gasteiger partial charge in [-0.3, -0.25) is 0 Å². The lowest BCUT2D eigenvalue weighted by Gasteiger charge is -2.17. The van der Waals surface area contributed by atoms with Crippen LogP contribution < -0.4 is 5.73 Å². The number of imidazole rings is 1. The number of nitrogens with one attached hydrogen (secondary N) is 1. The topological polar surface area (TPSA) is 80.5 Å². The van der Waals surface area contributed by atoms with Crippen molar-refractivity contribution >= 4 is 28.9 Å². The number of nitrogens with two attached hydrogens (primary N) is 1. The molecule has 0 amide bonds. The molecule has 1 aliphatic rings. The van der Waals surface area contributed by atoms with Crippen LogP contribution in [0.25, 0.3) is 11.2 Å². The fourth-order valence-corrected chi connectivity index (χ4v) is 3.45. The molecule has 0 atom stereocenters. The van der Waals surface area contributed by atoms with Gasteiger partial charge in [0.15, 0.2) is 5.65 Å². The minimum atomic E-state index is 0.281. The van der Waals surface area contributed by atoms with Gasteiger partial charge in [-0.2, -0.15) is 4.98 Å². The number of rotatable bonds is 4. The first-order valence-corrected chi connectivity index (χ1v) is 8.07. The van der Waals surface area contributed by atoms with E-state index in [0.717, 1.165) is 22.2 Å². The first kappa shape index (κ1) is 13.4. The summed E-state index contributed by atoms with van der Waals surface area (Å²) < 4.78 is 0. The number of H-pyrrole nitrogens is 1. The van der Waals surface area contributed by atoms with Crippen molar-refractivity contribution in [2.45, 2.75) is 37.1 Å². The van der Waals surface area contributed by atoms with Crippen LogP contribution in [0.3, 0.4) is 0 Å². The molecule has 2 heterocycles. The zero-order valence-corrected chi connectivity index (χ0v) is 12.2. The molecule has 0 spiro atoms. The Kier molecular flexibility index (Phi) is 4.20. The Morgan fingerprint density at radius 1 is 1.30 bits per heavy atom. The van der Waals surface area contributed by atoms with Crippen LogP contribution in [-0.2, 0) is 0 Å². The average molecular weight is 289 g/mol. The summed E-state index contributed by atoms with van der Waals surface area (Å²) in [6, 6.07) is 0. The molecule has 3 N–H and O–H groups in total. The molecule has 0 bridgehead atoms. The highest BCUT2D eigenvalue weighted by atomic mass is 32.2. The van der Waals surface area contributed by atoms with Crippen LogP contribution in [-0.4, -0.2) is 25.7 Å². The lowest BCUT2D eigenvalue weighted by molar-refractivity contribution is 0.419. The minimum absolute atomic E-state index is 0.281. The van der Waals surface area contributed by atoms with Gasteiger partial charge >= 0.3 is 0 Å². The van der Waals surface area contributed by atoms with Gasteiger partial charge in [0, 0.05) is 5.75 Å². The monoisotopic (exact) mass is 289 g/mol. The van der Waals surface area contributed by atoms with Gasteiger partial charge in [-0.15, -0.1) is 0 Å². The Hall–Kier alpha value is -1.56. The van der Waals surface area contributed by atoms with Gasteiger partial charge in [0.25, 0.3) is 0 Å². The predicted octanol–water partition coefficient (Wildman–Crippen LogP) is 3.16. The number of fused-ring (bicyclic) bond motifs is 1. The van der Waals surface area contributed by atoms with E-state index in [0.29, 0.717) is 5.65 Å². The number of allylic oxidation sites excluding steroid dienone is 1. The molecule has 0 aliphatic heterocycles. The van der Waals surface area contributed by atoms with Crippen LogP contribution >= 0.6 is 11.8 Å².